The average molecular weight is 307 g/mol. The number of aliphatic hydroxyl groups excluding tert-OH is 2. The fourth-order valence-electron chi connectivity index (χ4n) is 2.78. The van der Waals surface area contributed by atoms with E-state index in [4.69, 9.17) is 10.2 Å². The van der Waals surface area contributed by atoms with Crippen LogP contribution >= 0.6 is 0 Å². The van der Waals surface area contributed by atoms with Crippen LogP contribution in [0.5, 0.6) is 0 Å². The Hall–Kier alpha value is -1.63. The Labute approximate surface area is 131 Å². The highest BCUT2D eigenvalue weighted by Crippen LogP contribution is 2.22. The first kappa shape index (κ1) is 16.7. The van der Waals surface area contributed by atoms with Gasteiger partial charge in [-0.1, -0.05) is 18.2 Å². The van der Waals surface area contributed by atoms with E-state index >= 15 is 0 Å². The van der Waals surface area contributed by atoms with Gasteiger partial charge in [-0.05, 0) is 25.0 Å². The molecule has 0 saturated carbocycles. The molecular weight excluding hydrogens is 282 g/mol. The summed E-state index contributed by atoms with van der Waals surface area (Å²) in [4.78, 5) is 16.0. The zero-order chi connectivity index (χ0) is 16.1. The Kier molecular flexibility index (Phi) is 5.76. The van der Waals surface area contributed by atoms with Gasteiger partial charge >= 0.3 is 6.03 Å². The quantitative estimate of drug-likeness (QED) is 0.727. The van der Waals surface area contributed by atoms with Crippen LogP contribution in [0.1, 0.15) is 11.1 Å². The first-order chi connectivity index (χ1) is 10.6. The summed E-state index contributed by atoms with van der Waals surface area (Å²) in [5, 5.41) is 21.1. The van der Waals surface area contributed by atoms with Crippen molar-refractivity contribution in [1.82, 2.24) is 9.80 Å². The van der Waals surface area contributed by atoms with Crippen molar-refractivity contribution >= 4 is 11.7 Å². The average Bonchev–Trinajstić information content (AvgIpc) is 2.42. The second kappa shape index (κ2) is 7.58. The maximum absolute atomic E-state index is 12.3. The summed E-state index contributed by atoms with van der Waals surface area (Å²) in [5.41, 5.74) is 2.97. The standard InChI is InChI=1S/C16H25N3O3/c1-12-4-3-5-13(2)15(12)17-16(22)19-10-14(11-19)18(6-8-20)7-9-21/h3-5,14,20-21H,6-11H2,1-2H3,(H,17,22). The molecule has 1 aliphatic rings. The summed E-state index contributed by atoms with van der Waals surface area (Å²) in [5.74, 6) is 0. The Morgan fingerprint density at radius 1 is 1.23 bits per heavy atom. The minimum absolute atomic E-state index is 0.0606. The molecule has 1 saturated heterocycles. The number of nitrogens with one attached hydrogen (secondary N) is 1. The number of hydrogen-bond donors (Lipinski definition) is 3. The minimum Gasteiger partial charge on any atom is -0.395 e. The monoisotopic (exact) mass is 307 g/mol. The van der Waals surface area contributed by atoms with Crippen molar-refractivity contribution in [3.05, 3.63) is 29.3 Å². The summed E-state index contributed by atoms with van der Waals surface area (Å²) >= 11 is 0. The Bertz CT molecular complexity index is 489. The summed E-state index contributed by atoms with van der Waals surface area (Å²) in [6.45, 7) is 6.37. The number of carbonyl (C=O) groups excluding carboxylic acids is 1. The minimum atomic E-state index is -0.0957. The fraction of sp³-hybridized carbons (Fsp3) is 0.562. The molecule has 1 aromatic rings. The zero-order valence-corrected chi connectivity index (χ0v) is 13.2. The highest BCUT2D eigenvalue weighted by Gasteiger charge is 2.34. The van der Waals surface area contributed by atoms with Gasteiger partial charge in [-0.25, -0.2) is 4.79 Å². The maximum Gasteiger partial charge on any atom is 0.321 e. The third kappa shape index (κ3) is 3.76. The van der Waals surface area contributed by atoms with Crippen molar-refractivity contribution in [3.8, 4) is 0 Å². The van der Waals surface area contributed by atoms with Crippen LogP contribution in [0.4, 0.5) is 10.5 Å². The Morgan fingerprint density at radius 3 is 2.27 bits per heavy atom. The lowest BCUT2D eigenvalue weighted by atomic mass is 10.1. The third-order valence-corrected chi connectivity index (χ3v) is 4.15. The van der Waals surface area contributed by atoms with Crippen molar-refractivity contribution in [2.45, 2.75) is 19.9 Å². The number of para-hydroxylation sites is 1. The van der Waals surface area contributed by atoms with E-state index in [9.17, 15) is 4.79 Å². The van der Waals surface area contributed by atoms with Crippen LogP contribution in [0.25, 0.3) is 0 Å². The molecule has 0 spiro atoms. The summed E-state index contributed by atoms with van der Waals surface area (Å²) < 4.78 is 0. The molecule has 2 amide bonds. The van der Waals surface area contributed by atoms with Gasteiger partial charge in [0.05, 0.1) is 13.2 Å². The van der Waals surface area contributed by atoms with Crippen molar-refractivity contribution in [2.24, 2.45) is 0 Å². The second-order valence-corrected chi connectivity index (χ2v) is 5.74. The van der Waals surface area contributed by atoms with Gasteiger partial charge in [0, 0.05) is 37.9 Å². The highest BCUT2D eigenvalue weighted by atomic mass is 16.3. The molecule has 1 fully saturated rings. The molecule has 0 aromatic heterocycles. The largest absolute Gasteiger partial charge is 0.395 e. The van der Waals surface area contributed by atoms with E-state index in [-0.39, 0.29) is 25.3 Å². The summed E-state index contributed by atoms with van der Waals surface area (Å²) in [7, 11) is 0. The van der Waals surface area contributed by atoms with Crippen LogP contribution in [-0.2, 0) is 0 Å². The number of urea groups is 1. The molecule has 1 heterocycles. The molecule has 22 heavy (non-hydrogen) atoms. The molecule has 3 N–H and O–H groups in total. The van der Waals surface area contributed by atoms with E-state index in [1.54, 1.807) is 4.90 Å². The summed E-state index contributed by atoms with van der Waals surface area (Å²) in [6, 6.07) is 6.05. The van der Waals surface area contributed by atoms with Crippen LogP contribution in [-0.4, -0.2) is 71.5 Å². The molecule has 2 rings (SSSR count). The number of aryl methyl sites for hydroxylation is 2. The first-order valence-corrected chi connectivity index (χ1v) is 7.64. The zero-order valence-electron chi connectivity index (χ0n) is 13.2. The third-order valence-electron chi connectivity index (χ3n) is 4.15. The molecule has 0 aliphatic carbocycles. The Balaban J connectivity index is 1.89. The van der Waals surface area contributed by atoms with Gasteiger partial charge in [0.1, 0.15) is 0 Å². The summed E-state index contributed by atoms with van der Waals surface area (Å²) in [6.07, 6.45) is 0. The van der Waals surface area contributed by atoms with Crippen LogP contribution in [0, 0.1) is 13.8 Å². The van der Waals surface area contributed by atoms with Crippen LogP contribution < -0.4 is 5.32 Å². The topological polar surface area (TPSA) is 76.0 Å². The van der Waals surface area contributed by atoms with Gasteiger partial charge in [0.15, 0.2) is 0 Å². The van der Waals surface area contributed by atoms with Crippen LogP contribution in [0.2, 0.25) is 0 Å². The fourth-order valence-corrected chi connectivity index (χ4v) is 2.78. The van der Waals surface area contributed by atoms with Crippen LogP contribution in [0.15, 0.2) is 18.2 Å². The van der Waals surface area contributed by atoms with Gasteiger partial charge in [-0.2, -0.15) is 0 Å². The van der Waals surface area contributed by atoms with E-state index in [2.05, 4.69) is 5.32 Å². The molecule has 0 atom stereocenters. The van der Waals surface area contributed by atoms with E-state index in [1.807, 2.05) is 36.9 Å². The van der Waals surface area contributed by atoms with Crippen molar-refractivity contribution < 1.29 is 15.0 Å². The van der Waals surface area contributed by atoms with E-state index in [1.165, 1.54) is 0 Å². The number of rotatable bonds is 6. The number of nitrogens with zero attached hydrogens (tertiary/aromatic N) is 2. The van der Waals surface area contributed by atoms with Gasteiger partial charge in [0.2, 0.25) is 0 Å². The maximum atomic E-state index is 12.3. The van der Waals surface area contributed by atoms with Crippen molar-refractivity contribution in [2.75, 3.05) is 44.7 Å². The molecule has 6 heteroatoms. The highest BCUT2D eigenvalue weighted by molar-refractivity contribution is 5.91. The molecule has 122 valence electrons. The molecule has 6 nitrogen and oxygen atoms in total. The second-order valence-electron chi connectivity index (χ2n) is 5.74. The SMILES string of the molecule is Cc1cccc(C)c1NC(=O)N1CC(N(CCO)CCO)C1. The number of anilines is 1. The predicted molar refractivity (Wildman–Crippen MR) is 86.0 cm³/mol. The molecule has 1 aromatic carbocycles. The van der Waals surface area contributed by atoms with E-state index in [0.717, 1.165) is 16.8 Å². The number of amides is 2. The van der Waals surface area contributed by atoms with Gasteiger partial charge in [-0.15, -0.1) is 0 Å². The smallest absolute Gasteiger partial charge is 0.321 e. The van der Waals surface area contributed by atoms with Crippen molar-refractivity contribution in [1.29, 1.82) is 0 Å². The number of aliphatic hydroxyl groups is 2. The lowest BCUT2D eigenvalue weighted by Gasteiger charge is -2.45. The van der Waals surface area contributed by atoms with E-state index in [0.29, 0.717) is 26.2 Å². The molecule has 1 aliphatic heterocycles. The van der Waals surface area contributed by atoms with Gasteiger partial charge in [-0.3, -0.25) is 4.90 Å². The molecule has 0 unspecified atom stereocenters. The first-order valence-electron chi connectivity index (χ1n) is 7.64. The lowest BCUT2D eigenvalue weighted by Crippen LogP contribution is -2.62. The molecular formula is C16H25N3O3. The Morgan fingerprint density at radius 2 is 1.77 bits per heavy atom. The number of hydrogen-bond acceptors (Lipinski definition) is 4. The van der Waals surface area contributed by atoms with E-state index < -0.39 is 0 Å². The predicted octanol–water partition coefficient (Wildman–Crippen LogP) is 0.806. The van der Waals surface area contributed by atoms with Crippen molar-refractivity contribution in [3.63, 3.8) is 0 Å². The molecule has 0 bridgehead atoms. The van der Waals surface area contributed by atoms with Crippen LogP contribution in [0.3, 0.4) is 0 Å². The van der Waals surface area contributed by atoms with Gasteiger partial charge in [0.25, 0.3) is 0 Å². The number of carbonyl (C=O) groups is 1. The number of likely N-dealkylation sites (tertiary alicyclic amines) is 1. The number of benzene rings is 1. The molecule has 0 radical (unpaired) electrons. The lowest BCUT2D eigenvalue weighted by molar-refractivity contribution is 0.0393. The normalized spacial score (nSPS) is 15.0. The van der Waals surface area contributed by atoms with Gasteiger partial charge < -0.3 is 20.4 Å².